The van der Waals surface area contributed by atoms with Crippen LogP contribution in [-0.4, -0.2) is 8.80 Å². The summed E-state index contributed by atoms with van der Waals surface area (Å²) in [5.41, 5.74) is 19.3. The SMILES string of the molecule is c1ccc2c(c1)Cc1c-2ccc2c3cccc4c3n(c3cccc5c6ccc7c(c6n4c53)Cc3ccccc3-7)c12. The summed E-state index contributed by atoms with van der Waals surface area (Å²) >= 11 is 0. The molecule has 0 atom stereocenters. The molecular weight excluding hydrogens is 484 g/mol. The van der Waals surface area contributed by atoms with E-state index in [1.54, 1.807) is 0 Å². The van der Waals surface area contributed by atoms with E-state index in [0.29, 0.717) is 0 Å². The van der Waals surface area contributed by atoms with Crippen LogP contribution in [0, 0.1) is 0 Å². The van der Waals surface area contributed by atoms with Crippen LogP contribution in [-0.2, 0) is 12.8 Å². The molecule has 0 N–H and O–H groups in total. The molecule has 184 valence electrons. The molecule has 2 aliphatic carbocycles. The van der Waals surface area contributed by atoms with Gasteiger partial charge in [-0.25, -0.2) is 0 Å². The van der Waals surface area contributed by atoms with E-state index in [1.807, 2.05) is 0 Å². The molecule has 2 nitrogen and oxygen atoms in total. The van der Waals surface area contributed by atoms with E-state index in [9.17, 15) is 0 Å². The molecule has 11 rings (SSSR count). The monoisotopic (exact) mass is 506 g/mol. The average molecular weight is 507 g/mol. The van der Waals surface area contributed by atoms with Gasteiger partial charge < -0.3 is 8.80 Å². The fraction of sp³-hybridized carbons (Fsp3) is 0.0526. The molecule has 0 unspecified atom stereocenters. The van der Waals surface area contributed by atoms with E-state index >= 15 is 0 Å². The first kappa shape index (κ1) is 19.9. The number of para-hydroxylation sites is 2. The third kappa shape index (κ3) is 2.08. The summed E-state index contributed by atoms with van der Waals surface area (Å²) < 4.78 is 5.20. The quantitative estimate of drug-likeness (QED) is 0.181. The van der Waals surface area contributed by atoms with Gasteiger partial charge in [0.25, 0.3) is 0 Å². The van der Waals surface area contributed by atoms with Crippen molar-refractivity contribution in [1.82, 2.24) is 8.80 Å². The van der Waals surface area contributed by atoms with E-state index in [-0.39, 0.29) is 0 Å². The van der Waals surface area contributed by atoms with Crippen LogP contribution in [0.3, 0.4) is 0 Å². The van der Waals surface area contributed by atoms with Crippen LogP contribution in [0.4, 0.5) is 0 Å². The van der Waals surface area contributed by atoms with Gasteiger partial charge in [-0.15, -0.1) is 0 Å². The van der Waals surface area contributed by atoms with Crippen LogP contribution in [0.5, 0.6) is 0 Å². The molecule has 0 bridgehead atoms. The lowest BCUT2D eigenvalue weighted by atomic mass is 10.0. The van der Waals surface area contributed by atoms with Gasteiger partial charge in [-0.2, -0.15) is 0 Å². The smallest absolute Gasteiger partial charge is 0.0783 e. The van der Waals surface area contributed by atoms with Crippen molar-refractivity contribution >= 4 is 54.6 Å². The topological polar surface area (TPSA) is 8.82 Å². The normalized spacial score (nSPS) is 13.8. The van der Waals surface area contributed by atoms with Crippen molar-refractivity contribution in [1.29, 1.82) is 0 Å². The number of fused-ring (bicyclic) bond motifs is 16. The van der Waals surface area contributed by atoms with Crippen LogP contribution in [0.2, 0.25) is 0 Å². The van der Waals surface area contributed by atoms with Crippen molar-refractivity contribution in [2.24, 2.45) is 0 Å². The molecule has 0 aliphatic heterocycles. The van der Waals surface area contributed by atoms with Gasteiger partial charge in [-0.05, 0) is 56.6 Å². The van der Waals surface area contributed by atoms with Crippen LogP contribution >= 0.6 is 0 Å². The van der Waals surface area contributed by atoms with Gasteiger partial charge in [0.1, 0.15) is 0 Å². The van der Waals surface area contributed by atoms with E-state index in [1.165, 1.54) is 99.2 Å². The molecule has 0 radical (unpaired) electrons. The fourth-order valence-electron chi connectivity index (χ4n) is 8.37. The third-order valence-corrected chi connectivity index (χ3v) is 9.90. The van der Waals surface area contributed by atoms with Crippen LogP contribution in [0.15, 0.2) is 109 Å². The molecule has 0 spiro atoms. The van der Waals surface area contributed by atoms with Crippen molar-refractivity contribution in [3.05, 3.63) is 131 Å². The zero-order valence-electron chi connectivity index (χ0n) is 21.7. The zero-order valence-corrected chi connectivity index (χ0v) is 21.7. The minimum Gasteiger partial charge on any atom is -0.305 e. The van der Waals surface area contributed by atoms with Crippen molar-refractivity contribution < 1.29 is 0 Å². The Bertz CT molecular complexity index is 2410. The van der Waals surface area contributed by atoms with E-state index in [2.05, 4.69) is 118 Å². The predicted octanol–water partition coefficient (Wildman–Crippen LogP) is 9.38. The van der Waals surface area contributed by atoms with Crippen molar-refractivity contribution in [2.45, 2.75) is 12.8 Å². The molecule has 0 saturated carbocycles. The Labute approximate surface area is 229 Å². The van der Waals surface area contributed by atoms with Crippen molar-refractivity contribution in [2.75, 3.05) is 0 Å². The predicted molar refractivity (Wildman–Crippen MR) is 166 cm³/mol. The first-order chi connectivity index (χ1) is 19.9. The number of aromatic nitrogens is 2. The van der Waals surface area contributed by atoms with Crippen molar-refractivity contribution in [3.63, 3.8) is 0 Å². The van der Waals surface area contributed by atoms with E-state index < -0.39 is 0 Å². The second kappa shape index (κ2) is 6.55. The third-order valence-electron chi connectivity index (χ3n) is 9.90. The van der Waals surface area contributed by atoms with Gasteiger partial charge in [-0.3, -0.25) is 0 Å². The average Bonchev–Trinajstić information content (AvgIpc) is 3.74. The standard InChI is InChI=1S/C38H22N2/c1-3-9-23-21(7-1)19-31-25(23)15-17-29-27-11-5-14-34-37(27)39(35(29)31)33-13-6-12-28-30-18-16-26-24-10-4-2-8-22(24)20-32(26)36(30)40(34)38(28)33/h1-18H,19-20H2. The highest BCUT2D eigenvalue weighted by Gasteiger charge is 2.28. The summed E-state index contributed by atoms with van der Waals surface area (Å²) in [7, 11) is 0. The molecule has 3 aromatic heterocycles. The van der Waals surface area contributed by atoms with Crippen LogP contribution in [0.25, 0.3) is 76.9 Å². The Morgan fingerprint density at radius 2 is 0.800 bits per heavy atom. The first-order valence-electron chi connectivity index (χ1n) is 14.2. The molecule has 0 fully saturated rings. The van der Waals surface area contributed by atoms with E-state index in [0.717, 1.165) is 12.8 Å². The molecular formula is C38H22N2. The highest BCUT2D eigenvalue weighted by molar-refractivity contribution is 6.23. The number of benzene rings is 6. The summed E-state index contributed by atoms with van der Waals surface area (Å²) in [5.74, 6) is 0. The zero-order chi connectivity index (χ0) is 25.7. The number of hydrogen-bond donors (Lipinski definition) is 0. The Hall–Kier alpha value is -5.08. The van der Waals surface area contributed by atoms with Gasteiger partial charge in [0.2, 0.25) is 0 Å². The van der Waals surface area contributed by atoms with Crippen LogP contribution in [0.1, 0.15) is 22.3 Å². The van der Waals surface area contributed by atoms with Crippen LogP contribution < -0.4 is 0 Å². The fourth-order valence-corrected chi connectivity index (χ4v) is 8.37. The maximum Gasteiger partial charge on any atom is 0.0783 e. The summed E-state index contributed by atoms with van der Waals surface area (Å²) in [6, 6.07) is 41.1. The largest absolute Gasteiger partial charge is 0.305 e. The van der Waals surface area contributed by atoms with Gasteiger partial charge in [0.05, 0.1) is 33.1 Å². The Balaban J connectivity index is 1.40. The molecule has 2 heteroatoms. The minimum atomic E-state index is 0.985. The summed E-state index contributed by atoms with van der Waals surface area (Å²) in [6.07, 6.45) is 1.97. The van der Waals surface area contributed by atoms with Gasteiger partial charge in [0.15, 0.2) is 0 Å². The summed E-state index contributed by atoms with van der Waals surface area (Å²) in [4.78, 5) is 0. The highest BCUT2D eigenvalue weighted by atomic mass is 15.0. The first-order valence-corrected chi connectivity index (χ1v) is 14.2. The highest BCUT2D eigenvalue weighted by Crippen LogP contribution is 2.48. The van der Waals surface area contributed by atoms with Crippen molar-refractivity contribution in [3.8, 4) is 22.3 Å². The molecule has 0 saturated heterocycles. The number of rotatable bonds is 0. The second-order valence-electron chi connectivity index (χ2n) is 11.7. The summed E-state index contributed by atoms with van der Waals surface area (Å²) in [5, 5.41) is 5.39. The molecule has 0 amide bonds. The number of hydrogen-bond acceptors (Lipinski definition) is 0. The Morgan fingerprint density at radius 3 is 1.30 bits per heavy atom. The lowest BCUT2D eigenvalue weighted by Gasteiger charge is -2.13. The molecule has 2 aliphatic rings. The Kier molecular flexibility index (Phi) is 3.26. The Morgan fingerprint density at radius 1 is 0.350 bits per heavy atom. The minimum absolute atomic E-state index is 0.985. The van der Waals surface area contributed by atoms with Gasteiger partial charge >= 0.3 is 0 Å². The molecule has 3 heterocycles. The molecule has 40 heavy (non-hydrogen) atoms. The maximum absolute atomic E-state index is 2.60. The number of nitrogens with zero attached hydrogens (tertiary/aromatic N) is 2. The second-order valence-corrected chi connectivity index (χ2v) is 11.7. The molecule has 9 aromatic rings. The lowest BCUT2D eigenvalue weighted by molar-refractivity contribution is 1.20. The lowest BCUT2D eigenvalue weighted by Crippen LogP contribution is -1.99. The molecule has 6 aromatic carbocycles. The maximum atomic E-state index is 2.60. The van der Waals surface area contributed by atoms with Gasteiger partial charge in [-0.1, -0.05) is 97.1 Å². The summed E-state index contributed by atoms with van der Waals surface area (Å²) in [6.45, 7) is 0. The van der Waals surface area contributed by atoms with Gasteiger partial charge in [0, 0.05) is 34.4 Å². The van der Waals surface area contributed by atoms with E-state index in [4.69, 9.17) is 0 Å².